The number of Topliss-reactive ketones (excluding diaryl/α,β-unsaturated/α-hetero) is 1. The van der Waals surface area contributed by atoms with Gasteiger partial charge in [-0.3, -0.25) is 4.79 Å². The number of hydrogen-bond acceptors (Lipinski definition) is 4. The standard InChI is InChI=1S/C14H28N2O3S/c1-4-15(5-2)10-8-14(17)11-13-7-6-9-16(12-13)20(3,18)19/h13H,4-12H2,1-3H3. The Labute approximate surface area is 123 Å². The summed E-state index contributed by atoms with van der Waals surface area (Å²) in [6, 6.07) is 0. The Morgan fingerprint density at radius 2 is 1.95 bits per heavy atom. The maximum Gasteiger partial charge on any atom is 0.211 e. The summed E-state index contributed by atoms with van der Waals surface area (Å²) in [5.74, 6) is 0.458. The van der Waals surface area contributed by atoms with Gasteiger partial charge in [0.2, 0.25) is 10.0 Å². The summed E-state index contributed by atoms with van der Waals surface area (Å²) in [5.41, 5.74) is 0. The first-order valence-electron chi connectivity index (χ1n) is 7.56. The molecule has 1 aliphatic heterocycles. The molecule has 1 atom stereocenters. The SMILES string of the molecule is CCN(CC)CCC(=O)CC1CCCN(S(C)(=O)=O)C1. The van der Waals surface area contributed by atoms with Crippen LogP contribution in [0.5, 0.6) is 0 Å². The predicted octanol–water partition coefficient (Wildman–Crippen LogP) is 1.35. The van der Waals surface area contributed by atoms with Gasteiger partial charge in [0.15, 0.2) is 0 Å². The van der Waals surface area contributed by atoms with Crippen molar-refractivity contribution in [1.29, 1.82) is 0 Å². The zero-order valence-electron chi connectivity index (χ0n) is 13.0. The zero-order chi connectivity index (χ0) is 15.2. The Balaban J connectivity index is 2.38. The van der Waals surface area contributed by atoms with Crippen molar-refractivity contribution in [2.45, 2.75) is 39.5 Å². The Kier molecular flexibility index (Phi) is 7.12. The third-order valence-electron chi connectivity index (χ3n) is 4.07. The second-order valence-electron chi connectivity index (χ2n) is 5.65. The van der Waals surface area contributed by atoms with E-state index in [4.69, 9.17) is 0 Å². The highest BCUT2D eigenvalue weighted by Crippen LogP contribution is 2.22. The molecule has 0 aliphatic carbocycles. The summed E-state index contributed by atoms with van der Waals surface area (Å²) in [6.45, 7) is 8.05. The molecular weight excluding hydrogens is 276 g/mol. The maximum absolute atomic E-state index is 12.0. The minimum Gasteiger partial charge on any atom is -0.303 e. The summed E-state index contributed by atoms with van der Waals surface area (Å²) >= 11 is 0. The number of rotatable bonds is 8. The van der Waals surface area contributed by atoms with E-state index in [2.05, 4.69) is 18.7 Å². The van der Waals surface area contributed by atoms with Gasteiger partial charge in [0, 0.05) is 32.5 Å². The molecule has 1 rings (SSSR count). The number of ketones is 1. The van der Waals surface area contributed by atoms with Crippen molar-refractivity contribution in [3.8, 4) is 0 Å². The van der Waals surface area contributed by atoms with Crippen LogP contribution in [0.25, 0.3) is 0 Å². The number of nitrogens with zero attached hydrogens (tertiary/aromatic N) is 2. The van der Waals surface area contributed by atoms with E-state index in [1.54, 1.807) is 0 Å². The monoisotopic (exact) mass is 304 g/mol. The highest BCUT2D eigenvalue weighted by Gasteiger charge is 2.27. The van der Waals surface area contributed by atoms with Crippen molar-refractivity contribution < 1.29 is 13.2 Å². The topological polar surface area (TPSA) is 57.7 Å². The van der Waals surface area contributed by atoms with Gasteiger partial charge in [0.1, 0.15) is 5.78 Å². The largest absolute Gasteiger partial charge is 0.303 e. The molecule has 0 amide bonds. The van der Waals surface area contributed by atoms with Gasteiger partial charge in [-0.1, -0.05) is 13.8 Å². The number of carbonyl (C=O) groups excluding carboxylic acids is 1. The molecule has 0 bridgehead atoms. The Morgan fingerprint density at radius 1 is 1.30 bits per heavy atom. The fourth-order valence-electron chi connectivity index (χ4n) is 2.74. The molecule has 1 unspecified atom stereocenters. The number of carbonyl (C=O) groups is 1. The van der Waals surface area contributed by atoms with Crippen LogP contribution in [-0.4, -0.2) is 62.4 Å². The number of piperidine rings is 1. The van der Waals surface area contributed by atoms with E-state index in [0.29, 0.717) is 25.9 Å². The van der Waals surface area contributed by atoms with Gasteiger partial charge in [0.25, 0.3) is 0 Å². The van der Waals surface area contributed by atoms with Crippen molar-refractivity contribution in [1.82, 2.24) is 9.21 Å². The smallest absolute Gasteiger partial charge is 0.211 e. The van der Waals surface area contributed by atoms with Gasteiger partial charge < -0.3 is 4.90 Å². The van der Waals surface area contributed by atoms with E-state index in [-0.39, 0.29) is 11.7 Å². The lowest BCUT2D eigenvalue weighted by Crippen LogP contribution is -2.40. The predicted molar refractivity (Wildman–Crippen MR) is 81.2 cm³/mol. The van der Waals surface area contributed by atoms with Crippen molar-refractivity contribution in [2.24, 2.45) is 5.92 Å². The molecule has 6 heteroatoms. The normalized spacial score (nSPS) is 21.3. The third-order valence-corrected chi connectivity index (χ3v) is 5.34. The van der Waals surface area contributed by atoms with Crippen LogP contribution in [0.1, 0.15) is 39.5 Å². The van der Waals surface area contributed by atoms with Gasteiger partial charge >= 0.3 is 0 Å². The number of sulfonamides is 1. The van der Waals surface area contributed by atoms with Crippen LogP contribution in [0.15, 0.2) is 0 Å². The molecule has 0 aromatic carbocycles. The Morgan fingerprint density at radius 3 is 2.50 bits per heavy atom. The molecule has 1 saturated heterocycles. The van der Waals surface area contributed by atoms with Crippen molar-refractivity contribution in [2.75, 3.05) is 39.0 Å². The van der Waals surface area contributed by atoms with Crippen LogP contribution in [-0.2, 0) is 14.8 Å². The first kappa shape index (κ1) is 17.6. The fourth-order valence-corrected chi connectivity index (χ4v) is 3.68. The summed E-state index contributed by atoms with van der Waals surface area (Å²) in [6.07, 6.45) is 4.17. The molecule has 0 aromatic heterocycles. The minimum absolute atomic E-state index is 0.197. The van der Waals surface area contributed by atoms with E-state index in [0.717, 1.165) is 32.5 Å². The molecule has 0 spiro atoms. The molecule has 0 saturated carbocycles. The lowest BCUT2D eigenvalue weighted by molar-refractivity contribution is -0.120. The van der Waals surface area contributed by atoms with Crippen molar-refractivity contribution in [3.63, 3.8) is 0 Å². The highest BCUT2D eigenvalue weighted by molar-refractivity contribution is 7.88. The lowest BCUT2D eigenvalue weighted by Gasteiger charge is -2.30. The first-order chi connectivity index (χ1) is 9.36. The quantitative estimate of drug-likeness (QED) is 0.679. The summed E-state index contributed by atoms with van der Waals surface area (Å²) in [5, 5.41) is 0. The molecule has 5 nitrogen and oxygen atoms in total. The Hall–Kier alpha value is -0.460. The third kappa shape index (κ3) is 5.89. The van der Waals surface area contributed by atoms with Crippen LogP contribution in [0, 0.1) is 5.92 Å². The van der Waals surface area contributed by atoms with E-state index < -0.39 is 10.0 Å². The minimum atomic E-state index is -3.11. The molecule has 1 aliphatic rings. The van der Waals surface area contributed by atoms with Gasteiger partial charge in [-0.2, -0.15) is 0 Å². The van der Waals surface area contributed by atoms with Gasteiger partial charge in [0.05, 0.1) is 6.26 Å². The van der Waals surface area contributed by atoms with Crippen LogP contribution < -0.4 is 0 Å². The van der Waals surface area contributed by atoms with Crippen LogP contribution >= 0.6 is 0 Å². The second-order valence-corrected chi connectivity index (χ2v) is 7.63. The van der Waals surface area contributed by atoms with E-state index >= 15 is 0 Å². The van der Waals surface area contributed by atoms with Crippen molar-refractivity contribution in [3.05, 3.63) is 0 Å². The van der Waals surface area contributed by atoms with E-state index in [1.807, 2.05) is 0 Å². The lowest BCUT2D eigenvalue weighted by atomic mass is 9.93. The zero-order valence-corrected chi connectivity index (χ0v) is 13.8. The first-order valence-corrected chi connectivity index (χ1v) is 9.40. The summed E-state index contributed by atoms with van der Waals surface area (Å²) in [4.78, 5) is 14.2. The second kappa shape index (κ2) is 8.10. The molecular formula is C14H28N2O3S. The average molecular weight is 304 g/mol. The van der Waals surface area contributed by atoms with Crippen molar-refractivity contribution >= 4 is 15.8 Å². The van der Waals surface area contributed by atoms with Gasteiger partial charge in [-0.15, -0.1) is 0 Å². The summed E-state index contributed by atoms with van der Waals surface area (Å²) in [7, 11) is -3.11. The molecule has 0 N–H and O–H groups in total. The molecule has 1 fully saturated rings. The maximum atomic E-state index is 12.0. The van der Waals surface area contributed by atoms with Crippen LogP contribution in [0.3, 0.4) is 0 Å². The van der Waals surface area contributed by atoms with E-state index in [1.165, 1.54) is 10.6 Å². The van der Waals surface area contributed by atoms with Crippen LogP contribution in [0.4, 0.5) is 0 Å². The molecule has 0 radical (unpaired) electrons. The Bertz CT molecular complexity index is 405. The molecule has 0 aromatic rings. The van der Waals surface area contributed by atoms with Gasteiger partial charge in [-0.25, -0.2) is 12.7 Å². The fraction of sp³-hybridized carbons (Fsp3) is 0.929. The van der Waals surface area contributed by atoms with E-state index in [9.17, 15) is 13.2 Å². The molecule has 1 heterocycles. The number of hydrogen-bond donors (Lipinski definition) is 0. The van der Waals surface area contributed by atoms with Gasteiger partial charge in [-0.05, 0) is 31.8 Å². The molecule has 118 valence electrons. The van der Waals surface area contributed by atoms with Crippen LogP contribution in [0.2, 0.25) is 0 Å². The highest BCUT2D eigenvalue weighted by atomic mass is 32.2. The average Bonchev–Trinajstić information content (AvgIpc) is 2.39. The molecule has 20 heavy (non-hydrogen) atoms. The summed E-state index contributed by atoms with van der Waals surface area (Å²) < 4.78 is 24.6.